The van der Waals surface area contributed by atoms with Gasteiger partial charge in [-0.2, -0.15) is 5.10 Å². The summed E-state index contributed by atoms with van der Waals surface area (Å²) in [6.45, 7) is 13.3. The van der Waals surface area contributed by atoms with Crippen molar-refractivity contribution in [1.82, 2.24) is 9.61 Å². The molecule has 3 rings (SSSR count). The second-order valence-corrected chi connectivity index (χ2v) is 14.9. The van der Waals surface area contributed by atoms with Gasteiger partial charge in [-0.1, -0.05) is 39.3 Å². The van der Waals surface area contributed by atoms with Gasteiger partial charge >= 0.3 is 0 Å². The van der Waals surface area contributed by atoms with Gasteiger partial charge in [-0.15, -0.1) is 0 Å². The lowest BCUT2D eigenvalue weighted by atomic mass is 10.1. The smallest absolute Gasteiger partial charge is 0.250 e. The molecule has 3 aromatic rings. The minimum absolute atomic E-state index is 0.136. The Kier molecular flexibility index (Phi) is 6.37. The van der Waals surface area contributed by atoms with E-state index in [1.807, 2.05) is 24.4 Å². The van der Waals surface area contributed by atoms with E-state index < -0.39 is 8.32 Å². The summed E-state index contributed by atoms with van der Waals surface area (Å²) in [6.07, 6.45) is 4.30. The fraction of sp³-hybridized carbons (Fsp3) is 0.364. The first kappa shape index (κ1) is 22.8. The van der Waals surface area contributed by atoms with Gasteiger partial charge < -0.3 is 10.2 Å². The summed E-state index contributed by atoms with van der Waals surface area (Å²) >= 11 is 10.0. The first-order valence-corrected chi connectivity index (χ1v) is 14.0. The van der Waals surface area contributed by atoms with E-state index in [0.717, 1.165) is 33.4 Å². The Balaban J connectivity index is 1.96. The van der Waals surface area contributed by atoms with Crippen LogP contribution in [-0.2, 0) is 6.42 Å². The van der Waals surface area contributed by atoms with Gasteiger partial charge in [0.05, 0.1) is 28.0 Å². The molecule has 0 spiro atoms. The van der Waals surface area contributed by atoms with Crippen LogP contribution in [0.3, 0.4) is 0 Å². The second kappa shape index (κ2) is 8.36. The maximum Gasteiger partial charge on any atom is 0.250 e. The van der Waals surface area contributed by atoms with E-state index in [1.54, 1.807) is 10.7 Å². The number of nitrogens with zero attached hydrogens (tertiary/aromatic N) is 3. The lowest BCUT2D eigenvalue weighted by molar-refractivity contribution is 0.492. The summed E-state index contributed by atoms with van der Waals surface area (Å²) < 4.78 is 9.04. The highest BCUT2D eigenvalue weighted by molar-refractivity contribution is 9.10. The quantitative estimate of drug-likeness (QED) is 0.236. The lowest BCUT2D eigenvalue weighted by Crippen LogP contribution is -2.43. The van der Waals surface area contributed by atoms with E-state index >= 15 is 0 Å². The zero-order valence-corrected chi connectivity index (χ0v) is 21.6. The minimum Gasteiger partial charge on any atom is -0.543 e. The van der Waals surface area contributed by atoms with Crippen molar-refractivity contribution in [2.45, 2.75) is 52.2 Å². The molecule has 0 radical (unpaired) electrons. The fourth-order valence-corrected chi connectivity index (χ4v) is 4.55. The minimum atomic E-state index is -1.91. The van der Waals surface area contributed by atoms with Crippen molar-refractivity contribution in [3.05, 3.63) is 57.3 Å². The zero-order chi connectivity index (χ0) is 22.3. The van der Waals surface area contributed by atoms with Crippen molar-refractivity contribution >= 4 is 52.9 Å². The molecule has 0 saturated heterocycles. The fourth-order valence-electron chi connectivity index (χ4n) is 2.83. The number of fused-ring (bicyclic) bond motifs is 1. The van der Waals surface area contributed by atoms with Gasteiger partial charge in [-0.05, 0) is 70.3 Å². The van der Waals surface area contributed by atoms with Gasteiger partial charge in [0.2, 0.25) is 8.32 Å². The molecule has 0 aliphatic rings. The van der Waals surface area contributed by atoms with Crippen LogP contribution in [0.4, 0.5) is 5.69 Å². The van der Waals surface area contributed by atoms with Gasteiger partial charge in [0, 0.05) is 10.7 Å². The first-order chi connectivity index (χ1) is 13.9. The van der Waals surface area contributed by atoms with Crippen LogP contribution in [0, 0.1) is 0 Å². The molecule has 2 N–H and O–H groups in total. The molecule has 0 amide bonds. The summed E-state index contributed by atoms with van der Waals surface area (Å²) in [5.74, 6) is 1.22. The maximum atomic E-state index is 6.57. The average Bonchev–Trinajstić information content (AvgIpc) is 3.03. The molecule has 0 aliphatic carbocycles. The number of aromatic nitrogens is 2. The molecule has 2 aromatic heterocycles. The van der Waals surface area contributed by atoms with E-state index in [1.165, 1.54) is 0 Å². The average molecular weight is 508 g/mol. The molecule has 1 aromatic carbocycles. The zero-order valence-electron chi connectivity index (χ0n) is 18.3. The molecule has 0 aliphatic heterocycles. The summed E-state index contributed by atoms with van der Waals surface area (Å²) in [7, 11) is -1.91. The Hall–Kier alpha value is -1.83. The predicted octanol–water partition coefficient (Wildman–Crippen LogP) is 6.73. The molecule has 0 bridgehead atoms. The molecule has 2 heterocycles. The first-order valence-electron chi connectivity index (χ1n) is 9.92. The normalized spacial score (nSPS) is 13.1. The van der Waals surface area contributed by atoms with E-state index in [4.69, 9.17) is 21.8 Å². The SMILES string of the molecule is CCc1cc(O[Si](C)(C)C(C)(C)C)ccc1/N=C(\N)c1cnn2cc(Br)cc2c1Cl. The van der Waals surface area contributed by atoms with Crippen LogP contribution >= 0.6 is 27.5 Å². The topological polar surface area (TPSA) is 64.9 Å². The Labute approximate surface area is 192 Å². The number of aryl methyl sites for hydroxylation is 1. The van der Waals surface area contributed by atoms with Crippen LogP contribution in [0.25, 0.3) is 5.52 Å². The molecule has 0 fully saturated rings. The van der Waals surface area contributed by atoms with E-state index in [-0.39, 0.29) is 5.04 Å². The van der Waals surface area contributed by atoms with E-state index in [2.05, 4.69) is 72.9 Å². The maximum absolute atomic E-state index is 6.57. The highest BCUT2D eigenvalue weighted by Crippen LogP contribution is 2.38. The van der Waals surface area contributed by atoms with Crippen LogP contribution < -0.4 is 10.2 Å². The second-order valence-electron chi connectivity index (χ2n) is 8.86. The number of hydrogen-bond acceptors (Lipinski definition) is 3. The number of rotatable bonds is 5. The Morgan fingerprint density at radius 3 is 2.63 bits per heavy atom. The van der Waals surface area contributed by atoms with Crippen molar-refractivity contribution < 1.29 is 4.43 Å². The largest absolute Gasteiger partial charge is 0.543 e. The number of halogens is 2. The summed E-state index contributed by atoms with van der Waals surface area (Å²) in [5.41, 5.74) is 9.59. The molecule has 0 unspecified atom stereocenters. The van der Waals surface area contributed by atoms with Crippen molar-refractivity contribution in [3.63, 3.8) is 0 Å². The summed E-state index contributed by atoms with van der Waals surface area (Å²) in [4.78, 5) is 4.67. The van der Waals surface area contributed by atoms with Gasteiger partial charge in [-0.3, -0.25) is 0 Å². The number of amidine groups is 1. The third-order valence-corrected chi connectivity index (χ3v) is 10.9. The van der Waals surface area contributed by atoms with Crippen LogP contribution in [0.2, 0.25) is 23.2 Å². The third-order valence-electron chi connectivity index (χ3n) is 5.67. The van der Waals surface area contributed by atoms with Gasteiger partial charge in [0.15, 0.2) is 0 Å². The number of benzene rings is 1. The van der Waals surface area contributed by atoms with Crippen LogP contribution in [0.1, 0.15) is 38.8 Å². The van der Waals surface area contributed by atoms with E-state index in [9.17, 15) is 0 Å². The highest BCUT2D eigenvalue weighted by atomic mass is 79.9. The van der Waals surface area contributed by atoms with Crippen LogP contribution in [0.15, 0.2) is 46.1 Å². The van der Waals surface area contributed by atoms with Crippen LogP contribution in [-0.4, -0.2) is 23.8 Å². The number of nitrogens with two attached hydrogens (primary N) is 1. The monoisotopic (exact) mass is 506 g/mol. The van der Waals surface area contributed by atoms with Gasteiger partial charge in [-0.25, -0.2) is 9.51 Å². The summed E-state index contributed by atoms with van der Waals surface area (Å²) in [6, 6.07) is 7.90. The molecular formula is C22H28BrClN4OSi. The van der Waals surface area contributed by atoms with Gasteiger partial charge in [0.25, 0.3) is 0 Å². The highest BCUT2D eigenvalue weighted by Gasteiger charge is 2.39. The summed E-state index contributed by atoms with van der Waals surface area (Å²) in [5, 5.41) is 5.03. The van der Waals surface area contributed by atoms with Gasteiger partial charge in [0.1, 0.15) is 11.6 Å². The molecule has 30 heavy (non-hydrogen) atoms. The molecule has 160 valence electrons. The molecule has 8 heteroatoms. The third kappa shape index (κ3) is 4.58. The molecular weight excluding hydrogens is 480 g/mol. The Morgan fingerprint density at radius 2 is 2.00 bits per heavy atom. The molecule has 5 nitrogen and oxygen atoms in total. The molecule has 0 saturated carbocycles. The Bertz CT molecular complexity index is 1120. The predicted molar refractivity (Wildman–Crippen MR) is 132 cm³/mol. The van der Waals surface area contributed by atoms with Crippen molar-refractivity contribution in [2.75, 3.05) is 0 Å². The lowest BCUT2D eigenvalue weighted by Gasteiger charge is -2.36. The van der Waals surface area contributed by atoms with Crippen molar-refractivity contribution in [3.8, 4) is 5.75 Å². The Morgan fingerprint density at radius 1 is 1.30 bits per heavy atom. The van der Waals surface area contributed by atoms with Crippen molar-refractivity contribution in [1.29, 1.82) is 0 Å². The van der Waals surface area contributed by atoms with Crippen molar-refractivity contribution in [2.24, 2.45) is 10.7 Å². The standard InChI is InChI=1S/C22H28BrClN4OSi/c1-7-14-10-16(29-30(5,6)22(2,3)4)8-9-18(14)27-21(25)17-12-26-28-13-15(23)11-19(28)20(17)24/h8-13H,7H2,1-6H3,(H2,25,27). The van der Waals surface area contributed by atoms with E-state index in [0.29, 0.717) is 16.4 Å². The molecule has 0 atom stereocenters. The number of aliphatic imine (C=N–C) groups is 1. The number of hydrogen-bond donors (Lipinski definition) is 1. The van der Waals surface area contributed by atoms with Crippen LogP contribution in [0.5, 0.6) is 5.75 Å².